The van der Waals surface area contributed by atoms with E-state index in [1.807, 2.05) is 6.92 Å². The van der Waals surface area contributed by atoms with Crippen molar-refractivity contribution >= 4 is 17.2 Å². The smallest absolute Gasteiger partial charge is 0.237 e. The van der Waals surface area contributed by atoms with Gasteiger partial charge in [0.2, 0.25) is 5.91 Å². The Balaban J connectivity index is 2.42. The number of nitrogens with two attached hydrogens (primary N) is 1. The number of carbonyl (C=O) groups excluding carboxylic acids is 1. The number of aryl methyl sites for hydroxylation is 2. The zero-order valence-electron chi connectivity index (χ0n) is 10.2. The van der Waals surface area contributed by atoms with Crippen LogP contribution in [-0.2, 0) is 11.3 Å². The van der Waals surface area contributed by atoms with Gasteiger partial charge in [-0.3, -0.25) is 4.79 Å². The van der Waals surface area contributed by atoms with E-state index in [2.05, 4.69) is 25.2 Å². The van der Waals surface area contributed by atoms with Gasteiger partial charge >= 0.3 is 0 Å². The van der Waals surface area contributed by atoms with Crippen LogP contribution in [0, 0.1) is 13.8 Å². The van der Waals surface area contributed by atoms with E-state index in [0.717, 1.165) is 12.8 Å². The third-order valence-corrected chi connectivity index (χ3v) is 3.74. The molecule has 1 aromatic heterocycles. The van der Waals surface area contributed by atoms with E-state index in [9.17, 15) is 4.79 Å². The Morgan fingerprint density at radius 3 is 2.75 bits per heavy atom. The summed E-state index contributed by atoms with van der Waals surface area (Å²) in [6, 6.07) is 1.75. The molecule has 1 atom stereocenters. The van der Waals surface area contributed by atoms with Crippen molar-refractivity contribution in [2.75, 3.05) is 0 Å². The third kappa shape index (κ3) is 3.61. The lowest BCUT2D eigenvalue weighted by molar-refractivity contribution is -0.122. The Labute approximate surface area is 101 Å². The molecule has 0 unspecified atom stereocenters. The van der Waals surface area contributed by atoms with E-state index in [1.165, 1.54) is 15.3 Å². The van der Waals surface area contributed by atoms with Gasteiger partial charge in [0.05, 0.1) is 12.6 Å². The molecule has 0 aliphatic heterocycles. The molecule has 0 aliphatic carbocycles. The lowest BCUT2D eigenvalue weighted by Crippen LogP contribution is -2.39. The first-order chi connectivity index (χ1) is 7.54. The van der Waals surface area contributed by atoms with Crippen LogP contribution in [0.1, 0.15) is 35.1 Å². The van der Waals surface area contributed by atoms with Gasteiger partial charge in [0.25, 0.3) is 0 Å². The second-order valence-electron chi connectivity index (χ2n) is 4.06. The summed E-state index contributed by atoms with van der Waals surface area (Å²) >= 11 is 1.73. The topological polar surface area (TPSA) is 55.1 Å². The first-order valence-corrected chi connectivity index (χ1v) is 6.45. The zero-order valence-corrected chi connectivity index (χ0v) is 11.0. The molecular weight excluding hydrogens is 220 g/mol. The molecule has 16 heavy (non-hydrogen) atoms. The summed E-state index contributed by atoms with van der Waals surface area (Å²) < 4.78 is 0. The molecule has 3 N–H and O–H groups in total. The maximum absolute atomic E-state index is 11.6. The lowest BCUT2D eigenvalue weighted by atomic mass is 10.2. The van der Waals surface area contributed by atoms with Crippen LogP contribution < -0.4 is 11.1 Å². The molecule has 90 valence electrons. The number of amides is 1. The van der Waals surface area contributed by atoms with E-state index in [0.29, 0.717) is 6.54 Å². The van der Waals surface area contributed by atoms with Crippen molar-refractivity contribution in [2.24, 2.45) is 5.73 Å². The summed E-state index contributed by atoms with van der Waals surface area (Å²) in [5.74, 6) is -0.0504. The van der Waals surface area contributed by atoms with Crippen LogP contribution in [-0.4, -0.2) is 11.9 Å². The second kappa shape index (κ2) is 6.01. The average Bonchev–Trinajstić information content (AvgIpc) is 2.55. The number of carbonyl (C=O) groups is 1. The van der Waals surface area contributed by atoms with Crippen LogP contribution in [0.15, 0.2) is 6.07 Å². The van der Waals surface area contributed by atoms with Crippen molar-refractivity contribution < 1.29 is 4.79 Å². The SMILES string of the molecule is CCC[C@@H](N)C(=O)NCc1cc(C)c(C)s1. The number of nitrogens with one attached hydrogen (secondary N) is 1. The third-order valence-electron chi connectivity index (χ3n) is 2.59. The predicted molar refractivity (Wildman–Crippen MR) is 68.5 cm³/mol. The normalized spacial score (nSPS) is 12.5. The van der Waals surface area contributed by atoms with Gasteiger partial charge in [-0.15, -0.1) is 11.3 Å². The second-order valence-corrected chi connectivity index (χ2v) is 5.41. The molecule has 1 amide bonds. The summed E-state index contributed by atoms with van der Waals surface area (Å²) in [7, 11) is 0. The minimum atomic E-state index is -0.368. The minimum absolute atomic E-state index is 0.0504. The summed E-state index contributed by atoms with van der Waals surface area (Å²) in [4.78, 5) is 14.1. The van der Waals surface area contributed by atoms with Crippen molar-refractivity contribution in [3.05, 3.63) is 21.4 Å². The van der Waals surface area contributed by atoms with Gasteiger partial charge in [-0.1, -0.05) is 13.3 Å². The van der Waals surface area contributed by atoms with Gasteiger partial charge in [0.1, 0.15) is 0 Å². The van der Waals surface area contributed by atoms with E-state index in [4.69, 9.17) is 5.73 Å². The average molecular weight is 240 g/mol. The molecule has 0 saturated heterocycles. The van der Waals surface area contributed by atoms with Gasteiger partial charge in [-0.2, -0.15) is 0 Å². The summed E-state index contributed by atoms with van der Waals surface area (Å²) in [5, 5.41) is 2.87. The molecule has 1 rings (SSSR count). The van der Waals surface area contributed by atoms with Crippen LogP contribution in [0.3, 0.4) is 0 Å². The van der Waals surface area contributed by atoms with Crippen molar-refractivity contribution in [1.82, 2.24) is 5.32 Å². The molecular formula is C12H20N2OS. The summed E-state index contributed by atoms with van der Waals surface area (Å²) in [6.45, 7) is 6.79. The highest BCUT2D eigenvalue weighted by atomic mass is 32.1. The molecule has 0 fully saturated rings. The molecule has 0 bridgehead atoms. The maximum atomic E-state index is 11.6. The van der Waals surface area contributed by atoms with Crippen LogP contribution in [0.25, 0.3) is 0 Å². The highest BCUT2D eigenvalue weighted by Gasteiger charge is 2.12. The number of thiophene rings is 1. The van der Waals surface area contributed by atoms with Crippen LogP contribution in [0.4, 0.5) is 0 Å². The Morgan fingerprint density at radius 1 is 1.56 bits per heavy atom. The van der Waals surface area contributed by atoms with Crippen LogP contribution in [0.5, 0.6) is 0 Å². The number of hydrogen-bond donors (Lipinski definition) is 2. The molecule has 4 heteroatoms. The van der Waals surface area contributed by atoms with Gasteiger partial charge in [-0.05, 0) is 31.9 Å². The quantitative estimate of drug-likeness (QED) is 0.828. The molecule has 1 aromatic rings. The van der Waals surface area contributed by atoms with Gasteiger partial charge in [0, 0.05) is 9.75 Å². The van der Waals surface area contributed by atoms with Crippen molar-refractivity contribution in [3.8, 4) is 0 Å². The van der Waals surface area contributed by atoms with E-state index in [-0.39, 0.29) is 11.9 Å². The Bertz CT molecular complexity index is 340. The fourth-order valence-electron chi connectivity index (χ4n) is 1.48. The van der Waals surface area contributed by atoms with E-state index in [1.54, 1.807) is 11.3 Å². The van der Waals surface area contributed by atoms with Crippen LogP contribution >= 0.6 is 11.3 Å². The van der Waals surface area contributed by atoms with E-state index >= 15 is 0 Å². The van der Waals surface area contributed by atoms with Crippen molar-refractivity contribution in [3.63, 3.8) is 0 Å². The maximum Gasteiger partial charge on any atom is 0.237 e. The van der Waals surface area contributed by atoms with Gasteiger partial charge < -0.3 is 11.1 Å². The van der Waals surface area contributed by atoms with Crippen LogP contribution in [0.2, 0.25) is 0 Å². The fraction of sp³-hybridized carbons (Fsp3) is 0.583. The predicted octanol–water partition coefficient (Wildman–Crippen LogP) is 2.11. The number of rotatable bonds is 5. The Kier molecular flexibility index (Phi) is 4.96. The minimum Gasteiger partial charge on any atom is -0.350 e. The summed E-state index contributed by atoms with van der Waals surface area (Å²) in [5.41, 5.74) is 7.00. The van der Waals surface area contributed by atoms with Crippen molar-refractivity contribution in [1.29, 1.82) is 0 Å². The first kappa shape index (κ1) is 13.2. The number of hydrogen-bond acceptors (Lipinski definition) is 3. The summed E-state index contributed by atoms with van der Waals surface area (Å²) in [6.07, 6.45) is 1.68. The first-order valence-electron chi connectivity index (χ1n) is 5.63. The lowest BCUT2D eigenvalue weighted by Gasteiger charge is -2.10. The van der Waals surface area contributed by atoms with Crippen molar-refractivity contribution in [2.45, 2.75) is 46.2 Å². The molecule has 3 nitrogen and oxygen atoms in total. The Hall–Kier alpha value is -0.870. The molecule has 0 spiro atoms. The molecule has 0 radical (unpaired) electrons. The molecule has 0 aliphatic rings. The molecule has 0 saturated carbocycles. The van der Waals surface area contributed by atoms with E-state index < -0.39 is 0 Å². The highest BCUT2D eigenvalue weighted by Crippen LogP contribution is 2.20. The molecule has 1 heterocycles. The monoisotopic (exact) mass is 240 g/mol. The van der Waals surface area contributed by atoms with Gasteiger partial charge in [0.15, 0.2) is 0 Å². The fourth-order valence-corrected chi connectivity index (χ4v) is 2.48. The Morgan fingerprint density at radius 2 is 2.25 bits per heavy atom. The largest absolute Gasteiger partial charge is 0.350 e. The standard InChI is InChI=1S/C12H20N2OS/c1-4-5-11(13)12(15)14-7-10-6-8(2)9(3)16-10/h6,11H,4-5,7,13H2,1-3H3,(H,14,15)/t11-/m1/s1. The zero-order chi connectivity index (χ0) is 12.1. The van der Waals surface area contributed by atoms with Gasteiger partial charge in [-0.25, -0.2) is 0 Å². The molecule has 0 aromatic carbocycles. The highest BCUT2D eigenvalue weighted by molar-refractivity contribution is 7.12.